The number of H-pyrrole nitrogens is 1. The first-order valence-corrected chi connectivity index (χ1v) is 9.58. The van der Waals surface area contributed by atoms with Crippen LogP contribution in [0.3, 0.4) is 0 Å². The maximum Gasteiger partial charge on any atom is 0.0991 e. The Morgan fingerprint density at radius 2 is 2.04 bits per heavy atom. The predicted octanol–water partition coefficient (Wildman–Crippen LogP) is 4.93. The summed E-state index contributed by atoms with van der Waals surface area (Å²) in [4.78, 5) is 9.91. The third kappa shape index (κ3) is 3.86. The summed E-state index contributed by atoms with van der Waals surface area (Å²) in [6, 6.07) is 13.9. The number of hydrogen-bond donors (Lipinski definition) is 1. The highest BCUT2D eigenvalue weighted by Crippen LogP contribution is 2.34. The summed E-state index contributed by atoms with van der Waals surface area (Å²) in [5, 5.41) is 10.4. The summed E-state index contributed by atoms with van der Waals surface area (Å²) in [6.45, 7) is 1.70. The number of imidazole rings is 1. The molecule has 0 saturated heterocycles. The van der Waals surface area contributed by atoms with Gasteiger partial charge in [-0.15, -0.1) is 0 Å². The van der Waals surface area contributed by atoms with E-state index in [4.69, 9.17) is 28.5 Å². The second-order valence-electron chi connectivity index (χ2n) is 6.78. The van der Waals surface area contributed by atoms with Gasteiger partial charge in [0.2, 0.25) is 0 Å². The molecule has 0 fully saturated rings. The van der Waals surface area contributed by atoms with Gasteiger partial charge in [-0.05, 0) is 53.8 Å². The van der Waals surface area contributed by atoms with Crippen LogP contribution in [0.5, 0.6) is 0 Å². The summed E-state index contributed by atoms with van der Waals surface area (Å²) < 4.78 is 0. The highest BCUT2D eigenvalue weighted by Gasteiger charge is 2.27. The lowest BCUT2D eigenvalue weighted by Gasteiger charge is -2.35. The lowest BCUT2D eigenvalue weighted by molar-refractivity contribution is 0.175. The monoisotopic (exact) mass is 396 g/mol. The fraction of sp³-hybridized carbons (Fsp3) is 0.238. The molecule has 136 valence electrons. The van der Waals surface area contributed by atoms with E-state index in [9.17, 15) is 0 Å². The molecule has 0 spiro atoms. The zero-order valence-corrected chi connectivity index (χ0v) is 16.1. The molecular formula is C21H18Cl2N4. The molecule has 2 heterocycles. The van der Waals surface area contributed by atoms with Crippen molar-refractivity contribution in [3.8, 4) is 6.07 Å². The van der Waals surface area contributed by atoms with Gasteiger partial charge in [-0.2, -0.15) is 5.26 Å². The molecule has 6 heteroatoms. The van der Waals surface area contributed by atoms with E-state index in [0.29, 0.717) is 10.6 Å². The number of benzene rings is 2. The Kier molecular flexibility index (Phi) is 5.18. The Bertz CT molecular complexity index is 975. The minimum Gasteiger partial charge on any atom is -0.347 e. The van der Waals surface area contributed by atoms with Crippen LogP contribution in [-0.2, 0) is 19.4 Å². The van der Waals surface area contributed by atoms with Crippen molar-refractivity contribution >= 4 is 23.2 Å². The van der Waals surface area contributed by atoms with Crippen molar-refractivity contribution in [3.05, 3.63) is 86.9 Å². The van der Waals surface area contributed by atoms with E-state index in [1.807, 2.05) is 42.6 Å². The Morgan fingerprint density at radius 3 is 2.74 bits per heavy atom. The molecule has 2 aromatic carbocycles. The van der Waals surface area contributed by atoms with E-state index in [-0.39, 0.29) is 6.04 Å². The maximum atomic E-state index is 9.01. The molecule has 1 aliphatic heterocycles. The molecule has 4 nitrogen and oxygen atoms in total. The summed E-state index contributed by atoms with van der Waals surface area (Å²) in [5.41, 5.74) is 5.31. The van der Waals surface area contributed by atoms with Gasteiger partial charge in [0.1, 0.15) is 0 Å². The van der Waals surface area contributed by atoms with Crippen LogP contribution >= 0.6 is 23.2 Å². The first kappa shape index (κ1) is 18.1. The normalized spacial score (nSPS) is 15.1. The molecule has 1 aliphatic rings. The quantitative estimate of drug-likeness (QED) is 0.679. The predicted molar refractivity (Wildman–Crippen MR) is 107 cm³/mol. The van der Waals surface area contributed by atoms with Gasteiger partial charge in [-0.1, -0.05) is 35.3 Å². The van der Waals surface area contributed by atoms with Crippen molar-refractivity contribution in [2.24, 2.45) is 0 Å². The molecule has 0 amide bonds. The van der Waals surface area contributed by atoms with E-state index < -0.39 is 0 Å². The number of aromatic amines is 1. The van der Waals surface area contributed by atoms with Gasteiger partial charge < -0.3 is 4.98 Å². The number of rotatable bonds is 4. The zero-order chi connectivity index (χ0) is 18.8. The maximum absolute atomic E-state index is 9.01. The van der Waals surface area contributed by atoms with E-state index in [2.05, 4.69) is 20.9 Å². The topological polar surface area (TPSA) is 55.7 Å². The molecule has 1 atom stereocenters. The lowest BCUT2D eigenvalue weighted by atomic mass is 9.95. The zero-order valence-electron chi connectivity index (χ0n) is 14.6. The SMILES string of the molecule is N#Cc1ccc(CC(c2cnc[nH]2)N2CCc3c(Cl)cc(Cl)cc3C2)cc1. The molecule has 0 saturated carbocycles. The number of nitrogens with one attached hydrogen (secondary N) is 1. The molecule has 0 radical (unpaired) electrons. The number of nitriles is 1. The summed E-state index contributed by atoms with van der Waals surface area (Å²) >= 11 is 12.6. The van der Waals surface area contributed by atoms with Gasteiger partial charge >= 0.3 is 0 Å². The van der Waals surface area contributed by atoms with Crippen molar-refractivity contribution in [3.63, 3.8) is 0 Å². The molecule has 0 aliphatic carbocycles. The highest BCUT2D eigenvalue weighted by molar-refractivity contribution is 6.35. The molecular weight excluding hydrogens is 379 g/mol. The van der Waals surface area contributed by atoms with Crippen molar-refractivity contribution in [1.29, 1.82) is 5.26 Å². The van der Waals surface area contributed by atoms with Crippen LogP contribution in [0.1, 0.15) is 34.0 Å². The van der Waals surface area contributed by atoms with Crippen LogP contribution in [0.15, 0.2) is 48.9 Å². The fourth-order valence-corrected chi connectivity index (χ4v) is 4.35. The number of hydrogen-bond acceptors (Lipinski definition) is 3. The van der Waals surface area contributed by atoms with Gasteiger partial charge in [0.15, 0.2) is 0 Å². The fourth-order valence-electron chi connectivity index (χ4n) is 3.72. The van der Waals surface area contributed by atoms with Crippen molar-refractivity contribution in [2.75, 3.05) is 6.54 Å². The Labute approximate surface area is 168 Å². The van der Waals surface area contributed by atoms with E-state index in [0.717, 1.165) is 36.6 Å². The first-order chi connectivity index (χ1) is 13.1. The smallest absolute Gasteiger partial charge is 0.0991 e. The Balaban J connectivity index is 1.62. The van der Waals surface area contributed by atoms with Gasteiger partial charge in [0, 0.05) is 29.3 Å². The molecule has 3 aromatic rings. The van der Waals surface area contributed by atoms with E-state index in [1.54, 1.807) is 6.33 Å². The second-order valence-corrected chi connectivity index (χ2v) is 7.62. The first-order valence-electron chi connectivity index (χ1n) is 8.82. The number of nitrogens with zero attached hydrogens (tertiary/aromatic N) is 3. The third-order valence-corrected chi connectivity index (χ3v) is 5.66. The average Bonchev–Trinajstić information content (AvgIpc) is 3.20. The van der Waals surface area contributed by atoms with Crippen LogP contribution in [0, 0.1) is 11.3 Å². The third-order valence-electron chi connectivity index (χ3n) is 5.11. The standard InChI is InChI=1S/C21H18Cl2N4/c22-17-8-16-12-27(6-5-18(16)19(23)9-17)21(20-11-25-13-26-20)7-14-1-3-15(10-24)4-2-14/h1-4,8-9,11,13,21H,5-7,12H2,(H,25,26). The minimum absolute atomic E-state index is 0.159. The summed E-state index contributed by atoms with van der Waals surface area (Å²) in [6.07, 6.45) is 5.32. The second kappa shape index (κ2) is 7.74. The highest BCUT2D eigenvalue weighted by atomic mass is 35.5. The summed E-state index contributed by atoms with van der Waals surface area (Å²) in [5.74, 6) is 0. The minimum atomic E-state index is 0.159. The molecule has 0 bridgehead atoms. The molecule has 27 heavy (non-hydrogen) atoms. The Hall–Kier alpha value is -2.32. The van der Waals surface area contributed by atoms with Gasteiger partial charge in [-0.25, -0.2) is 4.98 Å². The molecule has 4 rings (SSSR count). The van der Waals surface area contributed by atoms with E-state index in [1.165, 1.54) is 16.7 Å². The van der Waals surface area contributed by atoms with Crippen molar-refractivity contribution < 1.29 is 0 Å². The lowest BCUT2D eigenvalue weighted by Crippen LogP contribution is -2.35. The van der Waals surface area contributed by atoms with Gasteiger partial charge in [0.25, 0.3) is 0 Å². The van der Waals surface area contributed by atoms with Gasteiger partial charge in [0.05, 0.1) is 29.7 Å². The van der Waals surface area contributed by atoms with Crippen molar-refractivity contribution in [2.45, 2.75) is 25.4 Å². The largest absolute Gasteiger partial charge is 0.347 e. The van der Waals surface area contributed by atoms with Crippen LogP contribution in [0.2, 0.25) is 10.0 Å². The van der Waals surface area contributed by atoms with Crippen molar-refractivity contribution in [1.82, 2.24) is 14.9 Å². The Morgan fingerprint density at radius 1 is 1.22 bits per heavy atom. The van der Waals surface area contributed by atoms with Crippen LogP contribution in [-0.4, -0.2) is 21.4 Å². The van der Waals surface area contributed by atoms with Crippen LogP contribution in [0.25, 0.3) is 0 Å². The molecule has 1 unspecified atom stereocenters. The average molecular weight is 397 g/mol. The van der Waals surface area contributed by atoms with Crippen LogP contribution < -0.4 is 0 Å². The molecule has 1 aromatic heterocycles. The van der Waals surface area contributed by atoms with Crippen LogP contribution in [0.4, 0.5) is 0 Å². The number of halogens is 2. The molecule has 1 N–H and O–H groups in total. The van der Waals surface area contributed by atoms with Gasteiger partial charge in [-0.3, -0.25) is 4.90 Å². The number of fused-ring (bicyclic) bond motifs is 1. The number of aromatic nitrogens is 2. The summed E-state index contributed by atoms with van der Waals surface area (Å²) in [7, 11) is 0. The van der Waals surface area contributed by atoms with E-state index >= 15 is 0 Å².